The molecule has 0 saturated heterocycles. The van der Waals surface area contributed by atoms with Crippen LogP contribution in [0, 0.1) is 5.92 Å². The summed E-state index contributed by atoms with van der Waals surface area (Å²) in [4.78, 5) is 5.04. The van der Waals surface area contributed by atoms with Gasteiger partial charge in [0.15, 0.2) is 0 Å². The Morgan fingerprint density at radius 1 is 0.882 bits per heavy atom. The van der Waals surface area contributed by atoms with Gasteiger partial charge in [-0.25, -0.2) is 0 Å². The second kappa shape index (κ2) is 11.0. The fraction of sp³-hybridized carbons (Fsp3) is 1.00. The minimum atomic E-state index is 0.670. The van der Waals surface area contributed by atoms with Crippen molar-refractivity contribution in [1.29, 1.82) is 0 Å². The van der Waals surface area contributed by atoms with Crippen LogP contribution in [0.3, 0.4) is 0 Å². The Bertz CT molecular complexity index is 154. The normalized spacial score (nSPS) is 13.6. The lowest BCUT2D eigenvalue weighted by Crippen LogP contribution is -2.35. The second-order valence-corrected chi connectivity index (χ2v) is 4.78. The second-order valence-electron chi connectivity index (χ2n) is 4.78. The van der Waals surface area contributed by atoms with Gasteiger partial charge in [-0.3, -0.25) is 0 Å². The van der Waals surface area contributed by atoms with Gasteiger partial charge in [-0.1, -0.05) is 34.1 Å². The van der Waals surface area contributed by atoms with Gasteiger partial charge in [0.25, 0.3) is 0 Å². The van der Waals surface area contributed by atoms with E-state index in [4.69, 9.17) is 5.73 Å². The summed E-state index contributed by atoms with van der Waals surface area (Å²) < 4.78 is 0. The first-order valence-corrected chi connectivity index (χ1v) is 7.36. The van der Waals surface area contributed by atoms with Gasteiger partial charge in [0.1, 0.15) is 0 Å². The van der Waals surface area contributed by atoms with Gasteiger partial charge in [0.2, 0.25) is 0 Å². The Morgan fingerprint density at radius 3 is 1.82 bits per heavy atom. The van der Waals surface area contributed by atoms with Gasteiger partial charge < -0.3 is 15.5 Å². The summed E-state index contributed by atoms with van der Waals surface area (Å²) in [6, 6.07) is 0. The van der Waals surface area contributed by atoms with E-state index in [1.54, 1.807) is 0 Å². The number of hydrogen-bond donors (Lipinski definition) is 1. The molecule has 1 unspecified atom stereocenters. The average Bonchev–Trinajstić information content (AvgIpc) is 2.38. The number of rotatable bonds is 11. The molecule has 104 valence electrons. The molecule has 0 aliphatic heterocycles. The van der Waals surface area contributed by atoms with Crippen molar-refractivity contribution in [2.45, 2.75) is 40.5 Å². The lowest BCUT2D eigenvalue weighted by Gasteiger charge is -2.26. The minimum Gasteiger partial charge on any atom is -0.330 e. The predicted molar refractivity (Wildman–Crippen MR) is 77.4 cm³/mol. The highest BCUT2D eigenvalue weighted by atomic mass is 15.1. The molecule has 0 rings (SSSR count). The zero-order valence-corrected chi connectivity index (χ0v) is 12.4. The molecule has 0 radical (unpaired) electrons. The van der Waals surface area contributed by atoms with E-state index in [1.165, 1.54) is 45.6 Å². The SMILES string of the molecule is CCC(CN)CN(CC)CCCN(CC)CC. The first-order chi connectivity index (χ1) is 8.21. The highest BCUT2D eigenvalue weighted by molar-refractivity contribution is 4.66. The summed E-state index contributed by atoms with van der Waals surface area (Å²) in [6.07, 6.45) is 2.47. The molecule has 0 aromatic heterocycles. The van der Waals surface area contributed by atoms with Crippen LogP contribution < -0.4 is 5.73 Å². The van der Waals surface area contributed by atoms with Crippen LogP contribution in [0.1, 0.15) is 40.5 Å². The molecule has 0 bridgehead atoms. The van der Waals surface area contributed by atoms with Crippen molar-refractivity contribution < 1.29 is 0 Å². The van der Waals surface area contributed by atoms with E-state index in [0.717, 1.165) is 13.1 Å². The maximum atomic E-state index is 5.77. The van der Waals surface area contributed by atoms with E-state index >= 15 is 0 Å². The average molecular weight is 243 g/mol. The van der Waals surface area contributed by atoms with Crippen LogP contribution in [0.15, 0.2) is 0 Å². The maximum Gasteiger partial charge on any atom is 0.00215 e. The standard InChI is InChI=1S/C14H33N3/c1-5-14(12-15)13-17(8-4)11-9-10-16(6-2)7-3/h14H,5-13,15H2,1-4H3. The Labute approximate surface area is 108 Å². The molecule has 3 nitrogen and oxygen atoms in total. The van der Waals surface area contributed by atoms with Crippen molar-refractivity contribution in [2.24, 2.45) is 11.7 Å². The van der Waals surface area contributed by atoms with Crippen molar-refractivity contribution in [1.82, 2.24) is 9.80 Å². The first-order valence-electron chi connectivity index (χ1n) is 7.36. The first kappa shape index (κ1) is 16.9. The molecule has 0 aromatic rings. The lowest BCUT2D eigenvalue weighted by atomic mass is 10.1. The third-order valence-electron chi connectivity index (χ3n) is 3.72. The Hall–Kier alpha value is -0.120. The molecule has 0 aliphatic carbocycles. The number of nitrogens with zero attached hydrogens (tertiary/aromatic N) is 2. The van der Waals surface area contributed by atoms with Crippen LogP contribution in [-0.4, -0.2) is 55.6 Å². The maximum absolute atomic E-state index is 5.77. The van der Waals surface area contributed by atoms with Gasteiger partial charge in [-0.2, -0.15) is 0 Å². The molecule has 2 N–H and O–H groups in total. The van der Waals surface area contributed by atoms with Crippen LogP contribution in [0.25, 0.3) is 0 Å². The highest BCUT2D eigenvalue weighted by Gasteiger charge is 2.10. The molecular formula is C14H33N3. The van der Waals surface area contributed by atoms with Gasteiger partial charge in [0, 0.05) is 6.54 Å². The zero-order valence-electron chi connectivity index (χ0n) is 12.4. The van der Waals surface area contributed by atoms with E-state index < -0.39 is 0 Å². The summed E-state index contributed by atoms with van der Waals surface area (Å²) in [5.74, 6) is 0.670. The third-order valence-corrected chi connectivity index (χ3v) is 3.72. The molecule has 0 aromatic carbocycles. The summed E-state index contributed by atoms with van der Waals surface area (Å²) in [5, 5.41) is 0. The van der Waals surface area contributed by atoms with Crippen molar-refractivity contribution in [2.75, 3.05) is 45.8 Å². The Kier molecular flexibility index (Phi) is 10.9. The van der Waals surface area contributed by atoms with Gasteiger partial charge >= 0.3 is 0 Å². The zero-order chi connectivity index (χ0) is 13.1. The van der Waals surface area contributed by atoms with Crippen LogP contribution in [-0.2, 0) is 0 Å². The van der Waals surface area contributed by atoms with E-state index in [-0.39, 0.29) is 0 Å². The fourth-order valence-corrected chi connectivity index (χ4v) is 2.17. The van der Waals surface area contributed by atoms with Crippen molar-refractivity contribution in [3.63, 3.8) is 0 Å². The smallest absolute Gasteiger partial charge is 0.00215 e. The van der Waals surface area contributed by atoms with Crippen molar-refractivity contribution in [3.05, 3.63) is 0 Å². The molecule has 0 heterocycles. The van der Waals surface area contributed by atoms with Crippen LogP contribution in [0.4, 0.5) is 0 Å². The summed E-state index contributed by atoms with van der Waals surface area (Å²) in [5.41, 5.74) is 5.77. The van der Waals surface area contributed by atoms with Crippen LogP contribution in [0.5, 0.6) is 0 Å². The lowest BCUT2D eigenvalue weighted by molar-refractivity contribution is 0.216. The minimum absolute atomic E-state index is 0.670. The predicted octanol–water partition coefficient (Wildman–Crippen LogP) is 2.03. The largest absolute Gasteiger partial charge is 0.330 e. The van der Waals surface area contributed by atoms with Crippen LogP contribution in [0.2, 0.25) is 0 Å². The molecular weight excluding hydrogens is 210 g/mol. The van der Waals surface area contributed by atoms with E-state index in [2.05, 4.69) is 37.5 Å². The Morgan fingerprint density at radius 2 is 1.41 bits per heavy atom. The van der Waals surface area contributed by atoms with Gasteiger partial charge in [0.05, 0.1) is 0 Å². The summed E-state index contributed by atoms with van der Waals surface area (Å²) in [6.45, 7) is 16.9. The fourth-order valence-electron chi connectivity index (χ4n) is 2.17. The quantitative estimate of drug-likeness (QED) is 0.603. The number of nitrogens with two attached hydrogens (primary N) is 1. The highest BCUT2D eigenvalue weighted by Crippen LogP contribution is 2.04. The molecule has 0 spiro atoms. The molecule has 0 saturated carbocycles. The molecule has 0 fully saturated rings. The molecule has 0 amide bonds. The molecule has 1 atom stereocenters. The van der Waals surface area contributed by atoms with E-state index in [0.29, 0.717) is 5.92 Å². The molecule has 17 heavy (non-hydrogen) atoms. The third kappa shape index (κ3) is 7.74. The monoisotopic (exact) mass is 243 g/mol. The van der Waals surface area contributed by atoms with E-state index in [9.17, 15) is 0 Å². The van der Waals surface area contributed by atoms with Crippen molar-refractivity contribution >= 4 is 0 Å². The summed E-state index contributed by atoms with van der Waals surface area (Å²) >= 11 is 0. The van der Waals surface area contributed by atoms with Gasteiger partial charge in [-0.15, -0.1) is 0 Å². The molecule has 3 heteroatoms. The number of hydrogen-bond acceptors (Lipinski definition) is 3. The topological polar surface area (TPSA) is 32.5 Å². The molecule has 0 aliphatic rings. The van der Waals surface area contributed by atoms with E-state index in [1.807, 2.05) is 0 Å². The van der Waals surface area contributed by atoms with Crippen molar-refractivity contribution in [3.8, 4) is 0 Å². The van der Waals surface area contributed by atoms with Gasteiger partial charge in [-0.05, 0) is 51.6 Å². The van der Waals surface area contributed by atoms with Crippen LogP contribution >= 0.6 is 0 Å². The summed E-state index contributed by atoms with van der Waals surface area (Å²) in [7, 11) is 0. The Balaban J connectivity index is 3.81.